The third-order valence-electron chi connectivity index (χ3n) is 6.03. The Bertz CT molecular complexity index is 1100. The highest BCUT2D eigenvalue weighted by Crippen LogP contribution is 2.27. The molecule has 2 aromatic heterocycles. The molecule has 2 unspecified atom stereocenters. The van der Waals surface area contributed by atoms with Crippen LogP contribution in [0.4, 0.5) is 11.5 Å². The molecule has 9 heteroatoms. The Kier molecular flexibility index (Phi) is 6.88. The van der Waals surface area contributed by atoms with Gasteiger partial charge >= 0.3 is 0 Å². The quantitative estimate of drug-likeness (QED) is 0.552. The van der Waals surface area contributed by atoms with Crippen LogP contribution in [0.1, 0.15) is 35.4 Å². The fourth-order valence-corrected chi connectivity index (χ4v) is 4.67. The van der Waals surface area contributed by atoms with Crippen LogP contribution in [0.3, 0.4) is 0 Å². The lowest BCUT2D eigenvalue weighted by Crippen LogP contribution is -2.39. The van der Waals surface area contributed by atoms with Crippen molar-refractivity contribution in [1.82, 2.24) is 14.8 Å². The van der Waals surface area contributed by atoms with Gasteiger partial charge in [-0.05, 0) is 56.4 Å². The fourth-order valence-electron chi connectivity index (χ4n) is 4.10. The molecule has 0 fully saturated rings. The van der Waals surface area contributed by atoms with Gasteiger partial charge in [-0.15, -0.1) is 0 Å². The van der Waals surface area contributed by atoms with E-state index < -0.39 is 11.1 Å². The molecule has 0 saturated carbocycles. The summed E-state index contributed by atoms with van der Waals surface area (Å²) in [7, 11) is 1.84. The number of pyridine rings is 1. The van der Waals surface area contributed by atoms with Crippen LogP contribution >= 0.6 is 0 Å². The van der Waals surface area contributed by atoms with E-state index >= 15 is 0 Å². The molecule has 2 N–H and O–H groups in total. The first kappa shape index (κ1) is 22.4. The molecular formula is C23H29N5O3S. The van der Waals surface area contributed by atoms with Crippen LogP contribution in [0.2, 0.25) is 0 Å². The third kappa shape index (κ3) is 4.69. The Morgan fingerprint density at radius 1 is 1.22 bits per heavy atom. The molecular weight excluding hydrogens is 426 g/mol. The van der Waals surface area contributed by atoms with Crippen molar-refractivity contribution in [3.8, 4) is 0 Å². The molecule has 3 heterocycles. The second-order valence-electron chi connectivity index (χ2n) is 8.07. The number of hydrogen-bond acceptors (Lipinski definition) is 7. The van der Waals surface area contributed by atoms with E-state index in [0.29, 0.717) is 17.1 Å². The summed E-state index contributed by atoms with van der Waals surface area (Å²) in [6, 6.07) is 12.0. The van der Waals surface area contributed by atoms with Gasteiger partial charge in [0.25, 0.3) is 0 Å². The molecule has 1 aromatic carbocycles. The maximum atomic E-state index is 12.6. The number of fused-ring (bicyclic) bond motifs is 1. The van der Waals surface area contributed by atoms with Gasteiger partial charge in [0.15, 0.2) is 0 Å². The number of hydrogen-bond donors (Lipinski definition) is 2. The molecule has 0 bridgehead atoms. The van der Waals surface area contributed by atoms with Crippen LogP contribution in [0.15, 0.2) is 47.5 Å². The number of nitrogens with one attached hydrogen (secondary N) is 1. The van der Waals surface area contributed by atoms with E-state index in [-0.39, 0.29) is 12.6 Å². The summed E-state index contributed by atoms with van der Waals surface area (Å²) >= 11 is -1.74. The van der Waals surface area contributed by atoms with Crippen LogP contribution in [0.5, 0.6) is 0 Å². The van der Waals surface area contributed by atoms with Crippen LogP contribution < -0.4 is 10.4 Å². The molecule has 4 rings (SSSR count). The van der Waals surface area contributed by atoms with E-state index in [2.05, 4.69) is 38.7 Å². The van der Waals surface area contributed by atoms with Gasteiger partial charge in [0, 0.05) is 19.8 Å². The van der Waals surface area contributed by atoms with Crippen molar-refractivity contribution in [1.29, 1.82) is 0 Å². The number of rotatable bonds is 6. The Labute approximate surface area is 190 Å². The predicted molar refractivity (Wildman–Crippen MR) is 124 cm³/mol. The first-order chi connectivity index (χ1) is 15.5. The van der Waals surface area contributed by atoms with Gasteiger partial charge in [-0.2, -0.15) is 9.38 Å². The van der Waals surface area contributed by atoms with E-state index in [0.717, 1.165) is 36.5 Å². The SMILES string of the molecule is Cc1nn(C)c(C)c1NOS(=O)c1ccc(N2Cc3ccccc3CCCC2CO)nc1. The highest BCUT2D eigenvalue weighted by molar-refractivity contribution is 7.80. The zero-order chi connectivity index (χ0) is 22.7. The molecule has 170 valence electrons. The zero-order valence-electron chi connectivity index (χ0n) is 18.6. The van der Waals surface area contributed by atoms with E-state index in [9.17, 15) is 9.32 Å². The minimum Gasteiger partial charge on any atom is -0.394 e. The summed E-state index contributed by atoms with van der Waals surface area (Å²) in [5, 5.41) is 14.3. The lowest BCUT2D eigenvalue weighted by atomic mass is 9.96. The maximum absolute atomic E-state index is 12.6. The van der Waals surface area contributed by atoms with Crippen LogP contribution in [0.25, 0.3) is 0 Å². The van der Waals surface area contributed by atoms with Gasteiger partial charge in [-0.25, -0.2) is 14.7 Å². The van der Waals surface area contributed by atoms with Crippen molar-refractivity contribution in [2.45, 2.75) is 50.6 Å². The molecule has 32 heavy (non-hydrogen) atoms. The Hall–Kier alpha value is -2.75. The number of aliphatic hydroxyl groups excluding tert-OH is 1. The third-order valence-corrected chi connectivity index (χ3v) is 6.89. The van der Waals surface area contributed by atoms with Gasteiger partial charge < -0.3 is 10.0 Å². The van der Waals surface area contributed by atoms with Crippen molar-refractivity contribution in [2.75, 3.05) is 17.0 Å². The number of aromatic nitrogens is 3. The van der Waals surface area contributed by atoms with Gasteiger partial charge in [0.1, 0.15) is 11.5 Å². The highest BCUT2D eigenvalue weighted by atomic mass is 32.2. The summed E-state index contributed by atoms with van der Waals surface area (Å²) < 4.78 is 19.7. The highest BCUT2D eigenvalue weighted by Gasteiger charge is 2.23. The number of benzene rings is 1. The standard InChI is InChI=1S/C23H29N5O3S/c1-16-23(17(2)27(3)25-16)26-31-32(30)21-11-12-22(24-13-21)28-14-19-8-5-4-7-18(19)9-6-10-20(28)15-29/h4-5,7-8,11-13,20,26,29H,6,9-10,14-15H2,1-3H3. The second-order valence-corrected chi connectivity index (χ2v) is 9.17. The molecule has 0 radical (unpaired) electrons. The zero-order valence-corrected chi connectivity index (χ0v) is 19.4. The average Bonchev–Trinajstić information content (AvgIpc) is 3.03. The molecule has 0 aliphatic carbocycles. The summed E-state index contributed by atoms with van der Waals surface area (Å²) in [5.74, 6) is 0.744. The van der Waals surface area contributed by atoms with Crippen molar-refractivity contribution in [3.05, 3.63) is 65.1 Å². The number of aryl methyl sites for hydroxylation is 3. The lowest BCUT2D eigenvalue weighted by Gasteiger charge is -2.34. The van der Waals surface area contributed by atoms with Crippen LogP contribution in [-0.2, 0) is 35.4 Å². The molecule has 0 amide bonds. The normalized spacial score (nSPS) is 17.4. The summed E-state index contributed by atoms with van der Waals surface area (Å²) in [4.78, 5) is 7.14. The number of aliphatic hydroxyl groups is 1. The van der Waals surface area contributed by atoms with Gasteiger partial charge in [0.2, 0.25) is 11.1 Å². The summed E-state index contributed by atoms with van der Waals surface area (Å²) in [6.45, 7) is 4.50. The Morgan fingerprint density at radius 3 is 2.66 bits per heavy atom. The molecule has 2 atom stereocenters. The molecule has 1 aliphatic heterocycles. The topological polar surface area (TPSA) is 92.5 Å². The second kappa shape index (κ2) is 9.81. The smallest absolute Gasteiger partial charge is 0.213 e. The summed E-state index contributed by atoms with van der Waals surface area (Å²) in [5.41, 5.74) is 7.71. The fraction of sp³-hybridized carbons (Fsp3) is 0.391. The van der Waals surface area contributed by atoms with Crippen molar-refractivity contribution < 1.29 is 13.6 Å². The van der Waals surface area contributed by atoms with E-state index in [1.807, 2.05) is 33.0 Å². The van der Waals surface area contributed by atoms with Crippen molar-refractivity contribution in [3.63, 3.8) is 0 Å². The average molecular weight is 456 g/mol. The van der Waals surface area contributed by atoms with E-state index in [1.165, 1.54) is 11.1 Å². The van der Waals surface area contributed by atoms with E-state index in [4.69, 9.17) is 4.28 Å². The largest absolute Gasteiger partial charge is 0.394 e. The van der Waals surface area contributed by atoms with Gasteiger partial charge in [-0.1, -0.05) is 24.3 Å². The number of anilines is 2. The molecule has 1 aliphatic rings. The summed E-state index contributed by atoms with van der Waals surface area (Å²) in [6.07, 6.45) is 4.48. The first-order valence-corrected chi connectivity index (χ1v) is 11.8. The van der Waals surface area contributed by atoms with E-state index in [1.54, 1.807) is 16.9 Å². The first-order valence-electron chi connectivity index (χ1n) is 10.7. The van der Waals surface area contributed by atoms with Gasteiger partial charge in [0.05, 0.1) is 28.9 Å². The Balaban J connectivity index is 1.49. The minimum absolute atomic E-state index is 0.0124. The number of nitrogens with zero attached hydrogens (tertiary/aromatic N) is 4. The molecule has 0 spiro atoms. The molecule has 8 nitrogen and oxygen atoms in total. The van der Waals surface area contributed by atoms with Gasteiger partial charge in [-0.3, -0.25) is 4.68 Å². The lowest BCUT2D eigenvalue weighted by molar-refractivity contribution is 0.248. The Morgan fingerprint density at radius 2 is 2.00 bits per heavy atom. The van der Waals surface area contributed by atoms with Crippen LogP contribution in [-0.4, -0.2) is 36.7 Å². The molecule has 3 aromatic rings. The maximum Gasteiger partial charge on any atom is 0.213 e. The predicted octanol–water partition coefficient (Wildman–Crippen LogP) is 3.20. The van der Waals surface area contributed by atoms with Crippen LogP contribution in [0, 0.1) is 13.8 Å². The molecule has 0 saturated heterocycles. The van der Waals surface area contributed by atoms with Crippen molar-refractivity contribution in [2.24, 2.45) is 7.05 Å². The monoisotopic (exact) mass is 455 g/mol. The van der Waals surface area contributed by atoms with Crippen molar-refractivity contribution >= 4 is 22.6 Å². The minimum atomic E-state index is -1.74.